The van der Waals surface area contributed by atoms with Crippen LogP contribution in [0.5, 0.6) is 0 Å². The van der Waals surface area contributed by atoms with E-state index < -0.39 is 0 Å². The van der Waals surface area contributed by atoms with Gasteiger partial charge in [0.05, 0.1) is 0 Å². The van der Waals surface area contributed by atoms with Crippen molar-refractivity contribution in [2.45, 2.75) is 6.42 Å². The first-order chi connectivity index (χ1) is 3.30. The molecule has 1 saturated heterocycles. The Morgan fingerprint density at radius 1 is 1.71 bits per heavy atom. The molecule has 3 heteroatoms. The molecular formula is C4H4OS2. The fourth-order valence-electron chi connectivity index (χ4n) is 0.419. The summed E-state index contributed by atoms with van der Waals surface area (Å²) >= 11 is 6.14. The van der Waals surface area contributed by atoms with Crippen molar-refractivity contribution < 1.29 is 4.79 Å². The van der Waals surface area contributed by atoms with Crippen LogP contribution in [0.2, 0.25) is 0 Å². The van der Waals surface area contributed by atoms with Crippen LogP contribution in [0, 0.1) is 0 Å². The van der Waals surface area contributed by atoms with Crippen LogP contribution in [0.3, 0.4) is 0 Å². The number of carbonyl (C=O) groups excluding carboxylic acids is 1. The summed E-state index contributed by atoms with van der Waals surface area (Å²) in [7, 11) is 0. The van der Waals surface area contributed by atoms with E-state index in [0.29, 0.717) is 10.6 Å². The van der Waals surface area contributed by atoms with Gasteiger partial charge in [-0.05, 0) is 0 Å². The third kappa shape index (κ3) is 1.01. The zero-order valence-corrected chi connectivity index (χ0v) is 5.27. The lowest BCUT2D eigenvalue weighted by Crippen LogP contribution is -1.96. The molecule has 0 atom stereocenters. The van der Waals surface area contributed by atoms with E-state index in [1.165, 1.54) is 11.8 Å². The van der Waals surface area contributed by atoms with Gasteiger partial charge in [0, 0.05) is 12.2 Å². The minimum Gasteiger partial charge on any atom is -0.293 e. The van der Waals surface area contributed by atoms with Crippen LogP contribution in [0.25, 0.3) is 0 Å². The molecule has 1 rings (SSSR count). The van der Waals surface area contributed by atoms with Crippen LogP contribution < -0.4 is 0 Å². The van der Waals surface area contributed by atoms with Crippen molar-refractivity contribution in [2.75, 3.05) is 5.75 Å². The molecule has 1 nitrogen and oxygen atoms in total. The molecule has 0 aliphatic carbocycles. The predicted octanol–water partition coefficient (Wildman–Crippen LogP) is 1.02. The van der Waals surface area contributed by atoms with Crippen LogP contribution >= 0.6 is 24.0 Å². The highest BCUT2D eigenvalue weighted by atomic mass is 32.2. The number of Topliss-reactive ketones (excluding diaryl/α,β-unsaturated/α-hetero) is 1. The third-order valence-corrected chi connectivity index (χ3v) is 2.27. The Morgan fingerprint density at radius 2 is 2.43 bits per heavy atom. The largest absolute Gasteiger partial charge is 0.293 e. The Balaban J connectivity index is 2.65. The standard InChI is InChI=1S/C4H4OS2/c5-3-1-2-7-4(3)6/h1-2H2. The molecule has 0 bridgehead atoms. The van der Waals surface area contributed by atoms with Gasteiger partial charge in [-0.1, -0.05) is 12.2 Å². The van der Waals surface area contributed by atoms with Gasteiger partial charge in [0.25, 0.3) is 0 Å². The lowest BCUT2D eigenvalue weighted by Gasteiger charge is -1.76. The van der Waals surface area contributed by atoms with Crippen molar-refractivity contribution in [1.82, 2.24) is 0 Å². The summed E-state index contributed by atoms with van der Waals surface area (Å²) in [4.78, 5) is 10.4. The van der Waals surface area contributed by atoms with Crippen molar-refractivity contribution in [3.63, 3.8) is 0 Å². The van der Waals surface area contributed by atoms with Gasteiger partial charge in [-0.3, -0.25) is 4.79 Å². The normalized spacial score (nSPS) is 21.1. The summed E-state index contributed by atoms with van der Waals surface area (Å²) in [5, 5.41) is 0. The second-order valence-corrected chi connectivity index (χ2v) is 3.08. The Labute approximate surface area is 51.5 Å². The molecule has 1 heterocycles. The summed E-state index contributed by atoms with van der Waals surface area (Å²) in [6.07, 6.45) is 0.656. The molecule has 38 valence electrons. The maximum atomic E-state index is 10.4. The van der Waals surface area contributed by atoms with E-state index in [1.807, 2.05) is 0 Å². The highest BCUT2D eigenvalue weighted by Gasteiger charge is 2.16. The molecular weight excluding hydrogens is 128 g/mol. The number of ketones is 1. The maximum absolute atomic E-state index is 10.4. The molecule has 1 aliphatic rings. The zero-order chi connectivity index (χ0) is 5.28. The fraction of sp³-hybridized carbons (Fsp3) is 0.500. The number of carbonyl (C=O) groups is 1. The monoisotopic (exact) mass is 132 g/mol. The van der Waals surface area contributed by atoms with Gasteiger partial charge in [-0.2, -0.15) is 0 Å². The van der Waals surface area contributed by atoms with Crippen molar-refractivity contribution >= 4 is 34.0 Å². The number of hydrogen-bond acceptors (Lipinski definition) is 3. The topological polar surface area (TPSA) is 17.1 Å². The van der Waals surface area contributed by atoms with Crippen molar-refractivity contribution in [3.05, 3.63) is 0 Å². The average Bonchev–Trinajstić information content (AvgIpc) is 1.91. The molecule has 7 heavy (non-hydrogen) atoms. The minimum absolute atomic E-state index is 0.153. The molecule has 0 radical (unpaired) electrons. The van der Waals surface area contributed by atoms with Crippen LogP contribution in [0.1, 0.15) is 6.42 Å². The van der Waals surface area contributed by atoms with E-state index in [-0.39, 0.29) is 5.78 Å². The van der Waals surface area contributed by atoms with Gasteiger partial charge >= 0.3 is 0 Å². The highest BCUT2D eigenvalue weighted by molar-refractivity contribution is 8.25. The van der Waals surface area contributed by atoms with Crippen LogP contribution in [0.15, 0.2) is 0 Å². The lowest BCUT2D eigenvalue weighted by atomic mass is 10.4. The highest BCUT2D eigenvalue weighted by Crippen LogP contribution is 2.16. The summed E-state index contributed by atoms with van der Waals surface area (Å²) in [6, 6.07) is 0. The average molecular weight is 132 g/mol. The molecule has 0 aromatic carbocycles. The SMILES string of the molecule is O=C1CCSC1=S. The van der Waals surface area contributed by atoms with Crippen molar-refractivity contribution in [3.8, 4) is 0 Å². The van der Waals surface area contributed by atoms with Gasteiger partial charge in [-0.15, -0.1) is 11.8 Å². The molecule has 0 amide bonds. The van der Waals surface area contributed by atoms with Gasteiger partial charge in [0.2, 0.25) is 0 Å². The van der Waals surface area contributed by atoms with Crippen molar-refractivity contribution in [1.29, 1.82) is 0 Å². The van der Waals surface area contributed by atoms with E-state index in [2.05, 4.69) is 12.2 Å². The molecule has 0 N–H and O–H groups in total. The van der Waals surface area contributed by atoms with E-state index in [1.54, 1.807) is 0 Å². The zero-order valence-electron chi connectivity index (χ0n) is 3.64. The Kier molecular flexibility index (Phi) is 1.44. The number of hydrogen-bond donors (Lipinski definition) is 0. The van der Waals surface area contributed by atoms with Crippen LogP contribution in [0.4, 0.5) is 0 Å². The van der Waals surface area contributed by atoms with E-state index in [0.717, 1.165) is 5.75 Å². The second-order valence-electron chi connectivity index (χ2n) is 1.31. The Bertz CT molecular complexity index is 105. The van der Waals surface area contributed by atoms with Crippen molar-refractivity contribution in [2.24, 2.45) is 0 Å². The van der Waals surface area contributed by atoms with Crippen LogP contribution in [-0.4, -0.2) is 15.7 Å². The van der Waals surface area contributed by atoms with Gasteiger partial charge in [-0.25, -0.2) is 0 Å². The summed E-state index contributed by atoms with van der Waals surface area (Å²) in [5.74, 6) is 1.05. The van der Waals surface area contributed by atoms with Gasteiger partial charge < -0.3 is 0 Å². The molecule has 0 aromatic heterocycles. The first-order valence-electron chi connectivity index (χ1n) is 2.00. The quantitative estimate of drug-likeness (QED) is 0.458. The van der Waals surface area contributed by atoms with Gasteiger partial charge in [0.15, 0.2) is 5.78 Å². The fourth-order valence-corrected chi connectivity index (χ4v) is 1.51. The molecule has 1 aliphatic heterocycles. The van der Waals surface area contributed by atoms with E-state index in [4.69, 9.17) is 0 Å². The predicted molar refractivity (Wildman–Crippen MR) is 34.7 cm³/mol. The lowest BCUT2D eigenvalue weighted by molar-refractivity contribution is -0.111. The summed E-state index contributed by atoms with van der Waals surface area (Å²) in [6.45, 7) is 0. The number of rotatable bonds is 0. The molecule has 0 spiro atoms. The van der Waals surface area contributed by atoms with E-state index >= 15 is 0 Å². The molecule has 0 unspecified atom stereocenters. The first kappa shape index (κ1) is 5.25. The molecule has 0 aromatic rings. The third-order valence-electron chi connectivity index (χ3n) is 0.790. The summed E-state index contributed by atoms with van der Waals surface area (Å²) < 4.78 is 0.569. The van der Waals surface area contributed by atoms with Gasteiger partial charge in [0.1, 0.15) is 4.20 Å². The minimum atomic E-state index is 0.153. The number of thiocarbonyl (C=S) groups is 1. The smallest absolute Gasteiger partial charge is 0.180 e. The summed E-state index contributed by atoms with van der Waals surface area (Å²) in [5.41, 5.74) is 0. The number of thioether (sulfide) groups is 1. The van der Waals surface area contributed by atoms with E-state index in [9.17, 15) is 4.79 Å². The molecule has 0 saturated carbocycles. The Hall–Kier alpha value is 0.110. The first-order valence-corrected chi connectivity index (χ1v) is 3.40. The van der Waals surface area contributed by atoms with Crippen LogP contribution in [-0.2, 0) is 4.79 Å². The Morgan fingerprint density at radius 3 is 2.57 bits per heavy atom. The maximum Gasteiger partial charge on any atom is 0.180 e. The molecule has 1 fully saturated rings. The second kappa shape index (κ2) is 1.92.